The van der Waals surface area contributed by atoms with E-state index in [0.29, 0.717) is 10.3 Å². The number of nitrogens with zero attached hydrogens (tertiary/aromatic N) is 2. The number of hydrogen-bond donors (Lipinski definition) is 0. The highest BCUT2D eigenvalue weighted by atomic mass is 79.9. The fraction of sp³-hybridized carbons (Fsp3) is 0.250. The van der Waals surface area contributed by atoms with Crippen LogP contribution in [-0.4, -0.2) is 16.9 Å². The van der Waals surface area contributed by atoms with Gasteiger partial charge in [-0.1, -0.05) is 15.9 Å². The van der Waals surface area contributed by atoms with Crippen molar-refractivity contribution in [2.75, 3.05) is 0 Å². The van der Waals surface area contributed by atoms with Gasteiger partial charge < -0.3 is 9.94 Å². The Hall–Kier alpha value is -2.54. The van der Waals surface area contributed by atoms with E-state index in [1.54, 1.807) is 24.3 Å². The van der Waals surface area contributed by atoms with Crippen molar-refractivity contribution in [3.05, 3.63) is 69.2 Å². The van der Waals surface area contributed by atoms with Crippen LogP contribution in [0.25, 0.3) is 11.0 Å². The normalized spacial score (nSPS) is 14.6. The van der Waals surface area contributed by atoms with Crippen molar-refractivity contribution in [1.82, 2.24) is 4.98 Å². The van der Waals surface area contributed by atoms with E-state index in [-0.39, 0.29) is 28.7 Å². The fourth-order valence-corrected chi connectivity index (χ4v) is 3.56. The zero-order valence-electron chi connectivity index (χ0n) is 14.3. The molecule has 7 heteroatoms. The smallest absolute Gasteiger partial charge is 0.328 e. The first-order valence-corrected chi connectivity index (χ1v) is 9.52. The minimum atomic E-state index is -0.569. The molecule has 3 aromatic rings. The van der Waals surface area contributed by atoms with E-state index in [9.17, 15) is 14.4 Å². The molecule has 27 heavy (non-hydrogen) atoms. The average molecular weight is 431 g/mol. The molecule has 0 atom stereocenters. The van der Waals surface area contributed by atoms with E-state index >= 15 is 0 Å². The zero-order valence-corrected chi connectivity index (χ0v) is 15.9. The van der Waals surface area contributed by atoms with Crippen LogP contribution in [0.2, 0.25) is 0 Å². The van der Waals surface area contributed by atoms with Crippen LogP contribution in [0.15, 0.2) is 46.9 Å². The predicted molar refractivity (Wildman–Crippen MR) is 101 cm³/mol. The first kappa shape index (κ1) is 17.9. The number of carbonyl (C=O) groups excluding carboxylic acids is 1. The molecule has 1 saturated carbocycles. The Bertz CT molecular complexity index is 1020. The number of rotatable bonds is 4. The molecular weight excluding hydrogens is 415 g/mol. The third-order valence-corrected chi connectivity index (χ3v) is 5.21. The molecule has 1 aliphatic rings. The molecule has 2 aromatic carbocycles. The van der Waals surface area contributed by atoms with Crippen molar-refractivity contribution in [2.24, 2.45) is 0 Å². The maximum atomic E-state index is 13.6. The molecule has 0 spiro atoms. The van der Waals surface area contributed by atoms with Crippen LogP contribution in [0, 0.1) is 11.0 Å². The lowest BCUT2D eigenvalue weighted by molar-refractivity contribution is -0.580. The van der Waals surface area contributed by atoms with Gasteiger partial charge in [0, 0.05) is 16.1 Å². The highest BCUT2D eigenvalue weighted by molar-refractivity contribution is 9.10. The number of aromatic nitrogens is 2. The summed E-state index contributed by atoms with van der Waals surface area (Å²) in [6.07, 6.45) is 3.71. The molecule has 0 N–H and O–H groups in total. The van der Waals surface area contributed by atoms with Crippen LogP contribution in [0.5, 0.6) is 5.88 Å². The summed E-state index contributed by atoms with van der Waals surface area (Å²) in [6.45, 7) is 0. The second kappa shape index (κ2) is 7.23. The lowest BCUT2D eigenvalue weighted by Gasteiger charge is -2.15. The van der Waals surface area contributed by atoms with Gasteiger partial charge in [0.2, 0.25) is 5.52 Å². The van der Waals surface area contributed by atoms with E-state index in [1.807, 2.05) is 0 Å². The summed E-state index contributed by atoms with van der Waals surface area (Å²) in [5.41, 5.74) is 0.389. The summed E-state index contributed by atoms with van der Waals surface area (Å²) in [6, 6.07) is 10.4. The Morgan fingerprint density at radius 3 is 2.59 bits per heavy atom. The Labute approximate surface area is 163 Å². The van der Waals surface area contributed by atoms with Crippen LogP contribution in [0.4, 0.5) is 4.39 Å². The minimum absolute atomic E-state index is 0.00364. The lowest BCUT2D eigenvalue weighted by atomic mass is 10.1. The molecule has 0 bridgehead atoms. The van der Waals surface area contributed by atoms with Gasteiger partial charge in [0.15, 0.2) is 0 Å². The van der Waals surface area contributed by atoms with Gasteiger partial charge in [0.25, 0.3) is 11.7 Å². The van der Waals surface area contributed by atoms with Gasteiger partial charge in [0.05, 0.1) is 0 Å². The number of benzene rings is 2. The van der Waals surface area contributed by atoms with E-state index in [0.717, 1.165) is 36.2 Å². The predicted octanol–water partition coefficient (Wildman–Crippen LogP) is 4.32. The topological polar surface area (TPSA) is 66.1 Å². The Morgan fingerprint density at radius 2 is 1.89 bits per heavy atom. The Kier molecular flexibility index (Phi) is 4.78. The Balaban J connectivity index is 1.87. The number of ether oxygens (including phenoxy) is 1. The standard InChI is InChI=1S/C20H16BrFN2O3/c21-13-7-5-12(6-8-13)19(25)18-20(27-15-3-1-2-4-15)23-16-10-9-14(22)11-17(16)24(18)26/h5-11,15H,1-4H2. The summed E-state index contributed by atoms with van der Waals surface area (Å²) >= 11 is 3.32. The summed E-state index contributed by atoms with van der Waals surface area (Å²) in [5.74, 6) is -1.08. The third kappa shape index (κ3) is 3.51. The molecule has 1 fully saturated rings. The first-order valence-electron chi connectivity index (χ1n) is 8.72. The van der Waals surface area contributed by atoms with Crippen molar-refractivity contribution in [3.63, 3.8) is 0 Å². The van der Waals surface area contributed by atoms with E-state index in [1.165, 1.54) is 12.1 Å². The number of hydrogen-bond acceptors (Lipinski definition) is 4. The molecule has 0 aliphatic heterocycles. The zero-order chi connectivity index (χ0) is 19.0. The lowest BCUT2D eigenvalue weighted by Crippen LogP contribution is -2.38. The summed E-state index contributed by atoms with van der Waals surface area (Å²) in [5, 5.41) is 13.0. The molecular formula is C20H16BrFN2O3. The molecule has 1 aliphatic carbocycles. The van der Waals surface area contributed by atoms with Crippen LogP contribution in [0.1, 0.15) is 41.7 Å². The van der Waals surface area contributed by atoms with Crippen molar-refractivity contribution in [1.29, 1.82) is 0 Å². The molecule has 5 nitrogen and oxygen atoms in total. The van der Waals surface area contributed by atoms with Gasteiger partial charge in [0.1, 0.15) is 17.4 Å². The van der Waals surface area contributed by atoms with Crippen LogP contribution < -0.4 is 9.47 Å². The highest BCUT2D eigenvalue weighted by Gasteiger charge is 2.31. The minimum Gasteiger partial charge on any atom is -0.618 e. The van der Waals surface area contributed by atoms with E-state index < -0.39 is 11.6 Å². The maximum absolute atomic E-state index is 13.6. The van der Waals surface area contributed by atoms with Gasteiger partial charge in [-0.3, -0.25) is 4.79 Å². The molecule has 138 valence electrons. The van der Waals surface area contributed by atoms with Crippen molar-refractivity contribution >= 4 is 32.7 Å². The highest BCUT2D eigenvalue weighted by Crippen LogP contribution is 2.27. The molecule has 1 heterocycles. The van der Waals surface area contributed by atoms with E-state index in [4.69, 9.17) is 4.74 Å². The first-order chi connectivity index (χ1) is 13.0. The summed E-state index contributed by atoms with van der Waals surface area (Å²) < 4.78 is 20.8. The van der Waals surface area contributed by atoms with Crippen molar-refractivity contribution < 1.29 is 18.7 Å². The van der Waals surface area contributed by atoms with Gasteiger partial charge in [-0.25, -0.2) is 9.37 Å². The summed E-state index contributed by atoms with van der Waals surface area (Å²) in [4.78, 5) is 17.4. The maximum Gasteiger partial charge on any atom is 0.328 e. The average Bonchev–Trinajstić information content (AvgIpc) is 3.16. The largest absolute Gasteiger partial charge is 0.618 e. The van der Waals surface area contributed by atoms with Crippen LogP contribution >= 0.6 is 15.9 Å². The SMILES string of the molecule is O=C(c1ccc(Br)cc1)c1c(OC2CCCC2)nc2ccc(F)cc2[n+]1[O-]. The second-order valence-electron chi connectivity index (χ2n) is 6.55. The number of halogens is 2. The molecule has 0 radical (unpaired) electrons. The number of fused-ring (bicyclic) bond motifs is 1. The van der Waals surface area contributed by atoms with Gasteiger partial charge in [-0.05, 0) is 62.1 Å². The van der Waals surface area contributed by atoms with Crippen LogP contribution in [0.3, 0.4) is 0 Å². The molecule has 0 amide bonds. The number of ketones is 1. The third-order valence-electron chi connectivity index (χ3n) is 4.69. The quantitative estimate of drug-likeness (QED) is 0.351. The second-order valence-corrected chi connectivity index (χ2v) is 7.47. The van der Waals surface area contributed by atoms with Crippen molar-refractivity contribution in [2.45, 2.75) is 31.8 Å². The van der Waals surface area contributed by atoms with Gasteiger partial charge >= 0.3 is 5.69 Å². The Morgan fingerprint density at radius 1 is 1.19 bits per heavy atom. The molecule has 1 aromatic heterocycles. The fourth-order valence-electron chi connectivity index (χ4n) is 3.30. The monoisotopic (exact) mass is 430 g/mol. The number of carbonyl (C=O) groups is 1. The van der Waals surface area contributed by atoms with Gasteiger partial charge in [-0.2, -0.15) is 4.73 Å². The van der Waals surface area contributed by atoms with E-state index in [2.05, 4.69) is 20.9 Å². The molecule has 0 saturated heterocycles. The molecule has 0 unspecified atom stereocenters. The van der Waals surface area contributed by atoms with Crippen molar-refractivity contribution in [3.8, 4) is 5.88 Å². The van der Waals surface area contributed by atoms with Gasteiger partial charge in [-0.15, -0.1) is 0 Å². The summed E-state index contributed by atoms with van der Waals surface area (Å²) in [7, 11) is 0. The van der Waals surface area contributed by atoms with Crippen LogP contribution in [-0.2, 0) is 0 Å². The molecule has 4 rings (SSSR count).